The van der Waals surface area contributed by atoms with Gasteiger partial charge in [0.05, 0.1) is 22.1 Å². The molecular formula is C55H33N5O. The number of hydrogen-bond acceptors (Lipinski definition) is 4. The smallest absolute Gasteiger partial charge is 0.238 e. The van der Waals surface area contributed by atoms with Crippen molar-refractivity contribution in [2.75, 3.05) is 0 Å². The van der Waals surface area contributed by atoms with Crippen LogP contribution in [-0.2, 0) is 0 Å². The molecule has 0 atom stereocenters. The number of benzene rings is 9. The Hall–Kier alpha value is -8.35. The van der Waals surface area contributed by atoms with E-state index in [-0.39, 0.29) is 0 Å². The summed E-state index contributed by atoms with van der Waals surface area (Å²) >= 11 is 0. The number of aromatic nitrogens is 5. The standard InChI is InChI=1S/C55H33N5O/c1-4-15-34(16-5-1)53-56-54(35-17-6-2-7-18-35)58-55(57-53)60-47-30-28-37(36-27-29-46-42(31-36)39-21-10-12-24-45(39)59(46)38-19-8-3-9-20-38)32-44(47)51-41-23-14-26-50-52(41)43(33-48(51)60)40-22-11-13-25-49(40)61-50/h1-33H. The maximum atomic E-state index is 6.59. The van der Waals surface area contributed by atoms with Gasteiger partial charge in [0.1, 0.15) is 11.5 Å². The zero-order valence-electron chi connectivity index (χ0n) is 32.7. The molecule has 0 spiro atoms. The van der Waals surface area contributed by atoms with Gasteiger partial charge in [-0.3, -0.25) is 4.57 Å². The number of fused-ring (bicyclic) bond motifs is 9. The van der Waals surface area contributed by atoms with Crippen LogP contribution in [0.15, 0.2) is 200 Å². The van der Waals surface area contributed by atoms with E-state index in [0.29, 0.717) is 17.6 Å². The van der Waals surface area contributed by atoms with Gasteiger partial charge >= 0.3 is 0 Å². The summed E-state index contributed by atoms with van der Waals surface area (Å²) in [7, 11) is 0. The highest BCUT2D eigenvalue weighted by Crippen LogP contribution is 2.51. The second kappa shape index (κ2) is 13.1. The SMILES string of the molecule is c1ccc(-c2nc(-c3ccccc3)nc(-n3c4ccc(-c5ccc6c(c5)c5ccccc5n6-c5ccccc5)cc4c4c5cccc6c5c(cc43)-c3ccccc3O6)n2)cc1. The largest absolute Gasteiger partial charge is 0.456 e. The summed E-state index contributed by atoms with van der Waals surface area (Å²) in [5.74, 6) is 3.47. The van der Waals surface area contributed by atoms with E-state index in [1.165, 1.54) is 21.8 Å². The molecule has 0 saturated heterocycles. The molecule has 0 bridgehead atoms. The molecule has 0 unspecified atom stereocenters. The zero-order valence-corrected chi connectivity index (χ0v) is 32.7. The quantitative estimate of drug-likeness (QED) is 0.175. The van der Waals surface area contributed by atoms with Crippen LogP contribution in [0.5, 0.6) is 11.5 Å². The van der Waals surface area contributed by atoms with Gasteiger partial charge in [0, 0.05) is 49.3 Å². The van der Waals surface area contributed by atoms with E-state index in [0.717, 1.165) is 83.1 Å². The molecule has 0 fully saturated rings. The molecule has 1 aliphatic heterocycles. The number of ether oxygens (including phenoxy) is 1. The van der Waals surface area contributed by atoms with Gasteiger partial charge < -0.3 is 9.30 Å². The molecule has 13 rings (SSSR count). The van der Waals surface area contributed by atoms with Crippen LogP contribution in [0.25, 0.3) is 111 Å². The third kappa shape index (κ3) is 5.12. The molecule has 284 valence electrons. The van der Waals surface area contributed by atoms with Crippen LogP contribution < -0.4 is 4.74 Å². The van der Waals surface area contributed by atoms with E-state index in [9.17, 15) is 0 Å². The summed E-state index contributed by atoms with van der Waals surface area (Å²) in [6.45, 7) is 0. The summed E-state index contributed by atoms with van der Waals surface area (Å²) in [5.41, 5.74) is 11.8. The lowest BCUT2D eigenvalue weighted by Gasteiger charge is -2.22. The number of hydrogen-bond donors (Lipinski definition) is 0. The third-order valence-electron chi connectivity index (χ3n) is 12.2. The van der Waals surface area contributed by atoms with Gasteiger partial charge in [0.2, 0.25) is 5.95 Å². The van der Waals surface area contributed by atoms with Crippen LogP contribution >= 0.6 is 0 Å². The predicted molar refractivity (Wildman–Crippen MR) is 248 cm³/mol. The second-order valence-corrected chi connectivity index (χ2v) is 15.6. The number of para-hydroxylation sites is 3. The second-order valence-electron chi connectivity index (χ2n) is 15.6. The fourth-order valence-electron chi connectivity index (χ4n) is 9.45. The van der Waals surface area contributed by atoms with Gasteiger partial charge in [-0.15, -0.1) is 0 Å². The lowest BCUT2D eigenvalue weighted by Crippen LogP contribution is -2.06. The van der Waals surface area contributed by atoms with Gasteiger partial charge in [-0.25, -0.2) is 4.98 Å². The Morgan fingerprint density at radius 1 is 0.328 bits per heavy atom. The van der Waals surface area contributed by atoms with Crippen molar-refractivity contribution in [2.45, 2.75) is 0 Å². The zero-order chi connectivity index (χ0) is 40.0. The first kappa shape index (κ1) is 33.6. The maximum absolute atomic E-state index is 6.59. The van der Waals surface area contributed by atoms with E-state index < -0.39 is 0 Å². The van der Waals surface area contributed by atoms with E-state index in [2.05, 4.69) is 161 Å². The fraction of sp³-hybridized carbons (Fsp3) is 0. The molecule has 6 nitrogen and oxygen atoms in total. The first-order chi connectivity index (χ1) is 30.2. The van der Waals surface area contributed by atoms with Crippen molar-refractivity contribution in [3.8, 4) is 68.2 Å². The van der Waals surface area contributed by atoms with Crippen molar-refractivity contribution in [3.63, 3.8) is 0 Å². The molecule has 0 N–H and O–H groups in total. The highest BCUT2D eigenvalue weighted by Gasteiger charge is 2.26. The van der Waals surface area contributed by atoms with Crippen molar-refractivity contribution in [2.24, 2.45) is 0 Å². The van der Waals surface area contributed by atoms with Crippen LogP contribution in [-0.4, -0.2) is 24.1 Å². The van der Waals surface area contributed by atoms with Crippen LogP contribution in [0.2, 0.25) is 0 Å². The van der Waals surface area contributed by atoms with Gasteiger partial charge in [-0.2, -0.15) is 9.97 Å². The highest BCUT2D eigenvalue weighted by atomic mass is 16.5. The van der Waals surface area contributed by atoms with Crippen LogP contribution in [0.3, 0.4) is 0 Å². The summed E-state index contributed by atoms with van der Waals surface area (Å²) in [5, 5.41) is 6.86. The average molecular weight is 780 g/mol. The van der Waals surface area contributed by atoms with Gasteiger partial charge in [0.25, 0.3) is 0 Å². The van der Waals surface area contributed by atoms with Crippen molar-refractivity contribution in [1.29, 1.82) is 0 Å². The van der Waals surface area contributed by atoms with Crippen LogP contribution in [0, 0.1) is 0 Å². The number of nitrogens with zero attached hydrogens (tertiary/aromatic N) is 5. The lowest BCUT2D eigenvalue weighted by atomic mass is 9.91. The highest BCUT2D eigenvalue weighted by molar-refractivity contribution is 6.26. The topological polar surface area (TPSA) is 57.8 Å². The normalized spacial score (nSPS) is 12.1. The van der Waals surface area contributed by atoms with Crippen LogP contribution in [0.1, 0.15) is 0 Å². The van der Waals surface area contributed by atoms with Crippen molar-refractivity contribution < 1.29 is 4.74 Å². The van der Waals surface area contributed by atoms with Crippen molar-refractivity contribution in [3.05, 3.63) is 200 Å². The van der Waals surface area contributed by atoms with Crippen LogP contribution in [0.4, 0.5) is 0 Å². The van der Waals surface area contributed by atoms with Crippen molar-refractivity contribution in [1.82, 2.24) is 24.1 Å². The van der Waals surface area contributed by atoms with E-state index >= 15 is 0 Å². The molecule has 4 heterocycles. The molecule has 0 saturated carbocycles. The average Bonchev–Trinajstić information content (AvgIpc) is 3.84. The van der Waals surface area contributed by atoms with Gasteiger partial charge in [-0.05, 0) is 82.7 Å². The Morgan fingerprint density at radius 3 is 1.64 bits per heavy atom. The van der Waals surface area contributed by atoms with Gasteiger partial charge in [-0.1, -0.05) is 140 Å². The molecule has 0 amide bonds. The minimum Gasteiger partial charge on any atom is -0.456 e. The summed E-state index contributed by atoms with van der Waals surface area (Å²) in [6.07, 6.45) is 0. The molecule has 0 aliphatic carbocycles. The van der Waals surface area contributed by atoms with E-state index in [1.807, 2.05) is 48.5 Å². The summed E-state index contributed by atoms with van der Waals surface area (Å²) < 4.78 is 11.2. The Balaban J connectivity index is 1.11. The molecule has 61 heavy (non-hydrogen) atoms. The Kier molecular flexibility index (Phi) is 7.21. The minimum absolute atomic E-state index is 0.554. The number of rotatable bonds is 5. The monoisotopic (exact) mass is 779 g/mol. The molecule has 3 aromatic heterocycles. The third-order valence-corrected chi connectivity index (χ3v) is 12.2. The first-order valence-corrected chi connectivity index (χ1v) is 20.5. The summed E-state index contributed by atoms with van der Waals surface area (Å²) in [6, 6.07) is 70.3. The Labute approximate surface area is 350 Å². The molecule has 1 aliphatic rings. The maximum Gasteiger partial charge on any atom is 0.238 e. The molecular weight excluding hydrogens is 747 g/mol. The Morgan fingerprint density at radius 2 is 0.902 bits per heavy atom. The van der Waals surface area contributed by atoms with E-state index in [4.69, 9.17) is 19.7 Å². The fourth-order valence-corrected chi connectivity index (χ4v) is 9.45. The molecule has 9 aromatic carbocycles. The molecule has 0 radical (unpaired) electrons. The lowest BCUT2D eigenvalue weighted by molar-refractivity contribution is 0.487. The van der Waals surface area contributed by atoms with E-state index in [1.54, 1.807) is 0 Å². The van der Waals surface area contributed by atoms with Gasteiger partial charge in [0.15, 0.2) is 11.6 Å². The predicted octanol–water partition coefficient (Wildman–Crippen LogP) is 14.0. The first-order valence-electron chi connectivity index (χ1n) is 20.5. The molecule has 6 heteroatoms. The minimum atomic E-state index is 0.554. The molecule has 12 aromatic rings. The van der Waals surface area contributed by atoms with Crippen molar-refractivity contribution >= 4 is 54.4 Å². The summed E-state index contributed by atoms with van der Waals surface area (Å²) in [4.78, 5) is 15.6. The Bertz CT molecular complexity index is 3660.